The second-order valence-corrected chi connectivity index (χ2v) is 42.5. The lowest BCUT2D eigenvalue weighted by molar-refractivity contribution is 0.0972. The molecule has 33 heteroatoms. The molecular formula is C90H110N20O10S3. The molecule has 3 fully saturated rings. The number of nitriles is 1. The molecule has 6 aliphatic heterocycles. The fourth-order valence-corrected chi connectivity index (χ4v) is 19.8. The van der Waals surface area contributed by atoms with Crippen molar-refractivity contribution in [2.45, 2.75) is 234 Å². The van der Waals surface area contributed by atoms with Gasteiger partial charge in [0.05, 0.1) is 57.5 Å². The summed E-state index contributed by atoms with van der Waals surface area (Å²) in [5, 5.41) is 18.5. The lowest BCUT2D eigenvalue weighted by Gasteiger charge is -2.34. The van der Waals surface area contributed by atoms with Crippen LogP contribution in [-0.2, 0) is 52.9 Å². The molecule has 3 saturated heterocycles. The number of nitrogens with zero attached hydrogens (tertiary/aromatic N) is 13. The first-order chi connectivity index (χ1) is 57.8. The largest absolute Gasteiger partial charge is 0.362 e. The summed E-state index contributed by atoms with van der Waals surface area (Å²) in [7, 11) is -12.9. The highest BCUT2D eigenvalue weighted by molar-refractivity contribution is 7.90. The zero-order valence-corrected chi connectivity index (χ0v) is 74.7. The number of carbonyl (C=O) groups is 4. The number of carbonyl (C=O) groups excluding carboxylic acids is 4. The molecule has 9 aromatic rings. The van der Waals surface area contributed by atoms with Gasteiger partial charge < -0.3 is 36.4 Å². The first-order valence-electron chi connectivity index (χ1n) is 41.5. The number of anilines is 6. The number of hydrogen-bond acceptors (Lipinski definition) is 27. The van der Waals surface area contributed by atoms with Crippen molar-refractivity contribution in [3.05, 3.63) is 214 Å². The summed E-state index contributed by atoms with van der Waals surface area (Å²) in [6, 6.07) is 36.6. The van der Waals surface area contributed by atoms with Crippen LogP contribution in [-0.4, -0.2) is 130 Å². The molecule has 0 aliphatic carbocycles. The van der Waals surface area contributed by atoms with E-state index in [0.29, 0.717) is 91.0 Å². The van der Waals surface area contributed by atoms with E-state index in [9.17, 15) is 49.7 Å². The highest BCUT2D eigenvalue weighted by Crippen LogP contribution is 2.46. The predicted octanol–water partition coefficient (Wildman–Crippen LogP) is 13.7. The van der Waals surface area contributed by atoms with Crippen molar-refractivity contribution >= 4 is 89.0 Å². The summed E-state index contributed by atoms with van der Waals surface area (Å²) in [6.07, 6.45) is 12.9. The SMILES string of the molecule is CC(C)(C)c1ccc2c(n1)N1C[C@@H](CCC(c3ccc(C#N)cn3)Nc3cccc(n3)S(=O)(=O)NC2=O)CC1(C)C.CC(C)(C)c1ccc2c(n1)N1C[C@@H](CCC(c3ccc(C=O)cn3)Nc3cccc(n3)S(=O)(=O)NC2=O)CC1(C)C.CC(C)(C)c1ccc2c(n1)N1C[C@@H](CCC(c3ccc(CN)cn3)Nc3cccc(n3)S(=O)(=O)NC2=O)CC1(C)C. The van der Waals surface area contributed by atoms with E-state index in [1.165, 1.54) is 30.6 Å². The van der Waals surface area contributed by atoms with E-state index in [1.54, 1.807) is 97.2 Å². The molecule has 6 aliphatic rings. The maximum atomic E-state index is 13.6. The zero-order valence-electron chi connectivity index (χ0n) is 72.3. The van der Waals surface area contributed by atoms with E-state index in [1.807, 2.05) is 18.2 Å². The zero-order chi connectivity index (χ0) is 88.7. The molecule has 0 spiro atoms. The number of aldehydes is 1. The number of sulfonamides is 3. The Morgan fingerprint density at radius 2 is 0.756 bits per heavy atom. The van der Waals surface area contributed by atoms with Crippen molar-refractivity contribution in [3.8, 4) is 6.07 Å². The van der Waals surface area contributed by atoms with Gasteiger partial charge in [0.2, 0.25) is 0 Å². The molecule has 123 heavy (non-hydrogen) atoms. The van der Waals surface area contributed by atoms with Gasteiger partial charge in [-0.3, -0.25) is 34.1 Å². The van der Waals surface area contributed by atoms with E-state index < -0.39 is 47.8 Å². The van der Waals surface area contributed by atoms with Gasteiger partial charge in [0.15, 0.2) is 21.4 Å². The van der Waals surface area contributed by atoms with E-state index in [-0.39, 0.29) is 94.6 Å². The molecule has 0 radical (unpaired) electrons. The minimum atomic E-state index is -4.29. The van der Waals surface area contributed by atoms with Crippen LogP contribution in [0.5, 0.6) is 0 Å². The Hall–Kier alpha value is -11.5. The summed E-state index contributed by atoms with van der Waals surface area (Å²) in [5.41, 5.74) is 11.3. The molecule has 648 valence electrons. The standard InChI is InChI=1S/C30H39N7O3S.C30H35N7O3S.C30H36N6O4S/c2*1-29(2,3)24-14-11-21-27(34-24)37-18-19(15-30(37,4)5)9-13-23(22-12-10-20(16-31)17-32-22)33-25-7-6-8-26(35-25)41(39,40)36-28(21)38;1-29(2,3)24-14-11-21-27(33-24)36-17-19(15-30(36,4)5)9-13-23(22-12-10-20(18-37)16-31-22)32-25-7-6-8-26(34-25)41(39,40)35-28(21)38/h6-8,10-12,14,17,19,23H,9,13,15-16,18,31H2,1-5H3,(H,33,35)(H,36,38);6-8,10-12,14,17,19,23H,9,13,15,18H2,1-5H3,(H,33,35)(H,36,38);6-8,10-12,14,16,18-19,23H,9,13,15,17H2,1-5H3,(H,32,34)(H,35,38)/t3*19-,23?/m000/s1. The van der Waals surface area contributed by atoms with E-state index in [2.05, 4.69) is 185 Å². The number of hydrogen-bond donors (Lipinski definition) is 7. The molecule has 6 atom stereocenters. The van der Waals surface area contributed by atoms with Gasteiger partial charge in [0, 0.05) is 100 Å². The summed E-state index contributed by atoms with van der Waals surface area (Å²) >= 11 is 0. The highest BCUT2D eigenvalue weighted by atomic mass is 32.2. The lowest BCUT2D eigenvalue weighted by Crippen LogP contribution is -2.41. The average Bonchev–Trinajstić information content (AvgIpc) is 1.70. The second kappa shape index (κ2) is 34.7. The van der Waals surface area contributed by atoms with Gasteiger partial charge >= 0.3 is 0 Å². The molecular weight excluding hydrogens is 1620 g/mol. The van der Waals surface area contributed by atoms with Crippen LogP contribution in [0, 0.1) is 29.1 Å². The summed E-state index contributed by atoms with van der Waals surface area (Å²) in [4.78, 5) is 99.9. The molecule has 12 bridgehead atoms. The van der Waals surface area contributed by atoms with Crippen molar-refractivity contribution in [1.29, 1.82) is 5.26 Å². The predicted molar refractivity (Wildman–Crippen MR) is 472 cm³/mol. The Kier molecular flexibility index (Phi) is 25.2. The second-order valence-electron chi connectivity index (χ2n) is 37.7. The van der Waals surface area contributed by atoms with Crippen molar-refractivity contribution in [3.63, 3.8) is 0 Å². The smallest absolute Gasteiger partial charge is 0.281 e. The van der Waals surface area contributed by atoms with Crippen LogP contribution >= 0.6 is 0 Å². The first-order valence-corrected chi connectivity index (χ1v) is 46.0. The van der Waals surface area contributed by atoms with E-state index in [4.69, 9.17) is 20.7 Å². The first kappa shape index (κ1) is 89.3. The summed E-state index contributed by atoms with van der Waals surface area (Å²) in [6.45, 7) is 33.8. The molecule has 8 N–H and O–H groups in total. The summed E-state index contributed by atoms with van der Waals surface area (Å²) < 4.78 is 86.9. The number of nitrogens with one attached hydrogen (secondary N) is 6. The topological polar surface area (TPSA) is 418 Å². The minimum Gasteiger partial charge on any atom is -0.362 e. The van der Waals surface area contributed by atoms with Gasteiger partial charge in [0.1, 0.15) is 41.0 Å². The van der Waals surface area contributed by atoms with Crippen LogP contribution in [0.4, 0.5) is 34.9 Å². The van der Waals surface area contributed by atoms with Gasteiger partial charge in [-0.15, -0.1) is 0 Å². The third kappa shape index (κ3) is 20.4. The van der Waals surface area contributed by atoms with E-state index in [0.717, 1.165) is 91.0 Å². The Bertz CT molecular complexity index is 5890. The number of nitrogens with two attached hydrogens (primary N) is 1. The van der Waals surface area contributed by atoms with Gasteiger partial charge in [-0.2, -0.15) is 30.5 Å². The maximum absolute atomic E-state index is 13.6. The molecule has 3 unspecified atom stereocenters. The Balaban J connectivity index is 0.000000159. The number of rotatable bonds is 5. The van der Waals surface area contributed by atoms with E-state index >= 15 is 0 Å². The Labute approximate surface area is 721 Å². The number of fused-ring (bicyclic) bond motifs is 18. The molecule has 15 heterocycles. The van der Waals surface area contributed by atoms with Crippen molar-refractivity contribution < 1.29 is 44.4 Å². The third-order valence-corrected chi connectivity index (χ3v) is 27.3. The maximum Gasteiger partial charge on any atom is 0.281 e. The molecule has 0 saturated carbocycles. The van der Waals surface area contributed by atoms with Crippen LogP contribution in [0.3, 0.4) is 0 Å². The minimum absolute atomic E-state index is 0.205. The van der Waals surface area contributed by atoms with Gasteiger partial charge in [-0.25, -0.2) is 44.1 Å². The van der Waals surface area contributed by atoms with Crippen molar-refractivity contribution in [2.24, 2.45) is 23.5 Å². The van der Waals surface area contributed by atoms with Gasteiger partial charge in [-0.05, 0) is 226 Å². The van der Waals surface area contributed by atoms with Crippen molar-refractivity contribution in [2.75, 3.05) is 50.3 Å². The van der Waals surface area contributed by atoms with Crippen LogP contribution in [0.25, 0.3) is 0 Å². The third-order valence-electron chi connectivity index (χ3n) is 23.6. The molecule has 15 rings (SSSR count). The van der Waals surface area contributed by atoms with Gasteiger partial charge in [0.25, 0.3) is 47.8 Å². The van der Waals surface area contributed by atoms with Crippen LogP contribution in [0.2, 0.25) is 0 Å². The average molecular weight is 1730 g/mol. The van der Waals surface area contributed by atoms with Crippen LogP contribution in [0.1, 0.15) is 266 Å². The molecule has 0 aromatic carbocycles. The molecule has 9 aromatic heterocycles. The Morgan fingerprint density at radius 3 is 1.03 bits per heavy atom. The highest BCUT2D eigenvalue weighted by Gasteiger charge is 2.46. The number of aromatic nitrogens is 9. The summed E-state index contributed by atoms with van der Waals surface area (Å²) in [5.74, 6) is 1.20. The normalized spacial score (nSPS) is 22.0. The van der Waals surface area contributed by atoms with Gasteiger partial charge in [-0.1, -0.05) is 86.6 Å². The Morgan fingerprint density at radius 1 is 0.431 bits per heavy atom. The number of amides is 3. The van der Waals surface area contributed by atoms with Crippen molar-refractivity contribution in [1.82, 2.24) is 59.0 Å². The fourth-order valence-electron chi connectivity index (χ4n) is 17.0. The number of pyridine rings is 9. The monoisotopic (exact) mass is 1730 g/mol. The fraction of sp³-hybridized carbons (Fsp3) is 0.444. The van der Waals surface area contributed by atoms with Crippen LogP contribution < -0.4 is 50.6 Å². The lowest BCUT2D eigenvalue weighted by atomic mass is 9.90. The van der Waals surface area contributed by atoms with Crippen LogP contribution in [0.15, 0.2) is 161 Å². The quantitative estimate of drug-likeness (QED) is 0.0787. The molecule has 30 nitrogen and oxygen atoms in total. The molecule has 3 amide bonds.